The van der Waals surface area contributed by atoms with Crippen LogP contribution in [0.1, 0.15) is 38.7 Å². The number of para-hydroxylation sites is 1. The van der Waals surface area contributed by atoms with E-state index >= 15 is 0 Å². The molecule has 2 rings (SSSR count). The monoisotopic (exact) mass is 448 g/mol. The number of carbonyl (C=O) groups is 2. The smallest absolute Gasteiger partial charge is 0.279 e. The zero-order chi connectivity index (χ0) is 20.5. The molecule has 2 N–H and O–H groups in total. The number of hydrazine groups is 1. The largest absolute Gasteiger partial charge is 0.484 e. The minimum absolute atomic E-state index is 0.214. The minimum atomic E-state index is -0.766. The Morgan fingerprint density at radius 3 is 2.39 bits per heavy atom. The molecule has 2 aromatic carbocycles. The van der Waals surface area contributed by atoms with Crippen molar-refractivity contribution in [2.75, 3.05) is 6.61 Å². The Morgan fingerprint density at radius 2 is 1.71 bits per heavy atom. The van der Waals surface area contributed by atoms with E-state index < -0.39 is 17.9 Å². The van der Waals surface area contributed by atoms with Crippen LogP contribution in [0.4, 0.5) is 0 Å². The van der Waals surface area contributed by atoms with Crippen molar-refractivity contribution in [3.05, 3.63) is 58.6 Å². The molecule has 7 heteroatoms. The van der Waals surface area contributed by atoms with Crippen LogP contribution in [0.3, 0.4) is 0 Å². The van der Waals surface area contributed by atoms with Crippen LogP contribution in [0.15, 0.2) is 53.0 Å². The highest BCUT2D eigenvalue weighted by molar-refractivity contribution is 9.10. The average molecular weight is 449 g/mol. The van der Waals surface area contributed by atoms with Gasteiger partial charge in [0.25, 0.3) is 11.8 Å². The first kappa shape index (κ1) is 21.8. The first-order valence-corrected chi connectivity index (χ1v) is 9.92. The molecule has 0 radical (unpaired) electrons. The second-order valence-corrected chi connectivity index (χ2v) is 7.30. The first-order valence-electron chi connectivity index (χ1n) is 9.13. The lowest BCUT2D eigenvalue weighted by Gasteiger charge is -2.19. The molecule has 0 saturated heterocycles. The zero-order valence-corrected chi connectivity index (χ0v) is 17.8. The lowest BCUT2D eigenvalue weighted by atomic mass is 9.98. The number of benzene rings is 2. The summed E-state index contributed by atoms with van der Waals surface area (Å²) in [6.45, 7) is 5.63. The van der Waals surface area contributed by atoms with E-state index in [0.717, 1.165) is 16.5 Å². The third kappa shape index (κ3) is 6.56. The van der Waals surface area contributed by atoms with Crippen molar-refractivity contribution in [2.45, 2.75) is 39.2 Å². The number of hydrogen-bond acceptors (Lipinski definition) is 4. The zero-order valence-electron chi connectivity index (χ0n) is 16.2. The molecule has 0 heterocycles. The molecule has 0 aromatic heterocycles. The number of carbonyl (C=O) groups excluding carboxylic acids is 2. The highest BCUT2D eigenvalue weighted by atomic mass is 79.9. The molecule has 2 atom stereocenters. The van der Waals surface area contributed by atoms with Gasteiger partial charge >= 0.3 is 0 Å². The van der Waals surface area contributed by atoms with Crippen LogP contribution >= 0.6 is 15.9 Å². The second kappa shape index (κ2) is 10.7. The van der Waals surface area contributed by atoms with E-state index in [9.17, 15) is 9.59 Å². The standard InChI is InChI=1S/C21H25BrN2O4/c1-4-14(2)18-7-5-6-8-19(18)28-15(3)21(26)24-23-20(25)13-27-17-11-9-16(22)10-12-17/h5-12,14-15H,4,13H2,1-3H3,(H,23,25)(H,24,26). The number of nitrogens with one attached hydrogen (secondary N) is 2. The summed E-state index contributed by atoms with van der Waals surface area (Å²) in [4.78, 5) is 24.1. The Kier molecular flexibility index (Phi) is 8.32. The molecule has 28 heavy (non-hydrogen) atoms. The summed E-state index contributed by atoms with van der Waals surface area (Å²) in [5.41, 5.74) is 5.74. The van der Waals surface area contributed by atoms with Gasteiger partial charge in [-0.2, -0.15) is 0 Å². The van der Waals surface area contributed by atoms with Crippen molar-refractivity contribution in [3.63, 3.8) is 0 Å². The van der Waals surface area contributed by atoms with Gasteiger partial charge in [-0.25, -0.2) is 0 Å². The van der Waals surface area contributed by atoms with Crippen molar-refractivity contribution < 1.29 is 19.1 Å². The van der Waals surface area contributed by atoms with E-state index in [1.807, 2.05) is 36.4 Å². The van der Waals surface area contributed by atoms with Crippen LogP contribution in [-0.2, 0) is 9.59 Å². The van der Waals surface area contributed by atoms with E-state index in [2.05, 4.69) is 40.6 Å². The Hall–Kier alpha value is -2.54. The lowest BCUT2D eigenvalue weighted by Crippen LogP contribution is -2.48. The van der Waals surface area contributed by atoms with Gasteiger partial charge in [-0.15, -0.1) is 0 Å². The highest BCUT2D eigenvalue weighted by Gasteiger charge is 2.18. The van der Waals surface area contributed by atoms with E-state index in [-0.39, 0.29) is 6.61 Å². The minimum Gasteiger partial charge on any atom is -0.484 e. The van der Waals surface area contributed by atoms with Crippen LogP contribution in [0.25, 0.3) is 0 Å². The summed E-state index contributed by atoms with van der Waals surface area (Å²) < 4.78 is 12.1. The third-order valence-electron chi connectivity index (χ3n) is 4.24. The summed E-state index contributed by atoms with van der Waals surface area (Å²) in [7, 11) is 0. The molecule has 2 unspecified atom stereocenters. The molecule has 150 valence electrons. The fraction of sp³-hybridized carbons (Fsp3) is 0.333. The molecule has 6 nitrogen and oxygen atoms in total. The van der Waals surface area contributed by atoms with Crippen LogP contribution in [0.2, 0.25) is 0 Å². The number of ether oxygens (including phenoxy) is 2. The molecule has 0 aliphatic carbocycles. The van der Waals surface area contributed by atoms with Crippen molar-refractivity contribution in [2.24, 2.45) is 0 Å². The first-order chi connectivity index (χ1) is 13.4. The van der Waals surface area contributed by atoms with Gasteiger partial charge in [0.1, 0.15) is 11.5 Å². The number of hydrogen-bond donors (Lipinski definition) is 2. The molecule has 0 bridgehead atoms. The van der Waals surface area contributed by atoms with Crippen molar-refractivity contribution in [1.82, 2.24) is 10.9 Å². The number of amides is 2. The number of rotatable bonds is 8. The Labute approximate surface area is 173 Å². The fourth-order valence-corrected chi connectivity index (χ4v) is 2.67. The van der Waals surface area contributed by atoms with Gasteiger partial charge in [0.05, 0.1) is 0 Å². The fourth-order valence-electron chi connectivity index (χ4n) is 2.41. The van der Waals surface area contributed by atoms with E-state index in [4.69, 9.17) is 9.47 Å². The molecule has 0 aliphatic rings. The van der Waals surface area contributed by atoms with Gasteiger partial charge < -0.3 is 9.47 Å². The van der Waals surface area contributed by atoms with Crippen molar-refractivity contribution in [1.29, 1.82) is 0 Å². The van der Waals surface area contributed by atoms with E-state index in [1.54, 1.807) is 19.1 Å². The van der Waals surface area contributed by atoms with E-state index in [0.29, 0.717) is 17.4 Å². The molecule has 0 spiro atoms. The molecule has 2 aromatic rings. The molecule has 2 amide bonds. The van der Waals surface area contributed by atoms with Crippen LogP contribution in [0, 0.1) is 0 Å². The van der Waals surface area contributed by atoms with Gasteiger partial charge in [-0.1, -0.05) is 48.0 Å². The van der Waals surface area contributed by atoms with Gasteiger partial charge in [0.15, 0.2) is 12.7 Å². The maximum atomic E-state index is 12.2. The highest BCUT2D eigenvalue weighted by Crippen LogP contribution is 2.29. The lowest BCUT2D eigenvalue weighted by molar-refractivity contribution is -0.133. The summed E-state index contributed by atoms with van der Waals surface area (Å²) in [6, 6.07) is 14.8. The van der Waals surface area contributed by atoms with Gasteiger partial charge in [-0.3, -0.25) is 20.4 Å². The Bertz CT molecular complexity index is 795. The molecule has 0 aliphatic heterocycles. The summed E-state index contributed by atoms with van der Waals surface area (Å²) in [6.07, 6.45) is 0.202. The third-order valence-corrected chi connectivity index (χ3v) is 4.77. The van der Waals surface area contributed by atoms with Crippen LogP contribution < -0.4 is 20.3 Å². The maximum absolute atomic E-state index is 12.2. The molecule has 0 saturated carbocycles. The van der Waals surface area contributed by atoms with Gasteiger partial charge in [-0.05, 0) is 55.2 Å². The molecular weight excluding hydrogens is 424 g/mol. The quantitative estimate of drug-likeness (QED) is 0.599. The predicted octanol–water partition coefficient (Wildman–Crippen LogP) is 3.96. The topological polar surface area (TPSA) is 76.7 Å². The average Bonchev–Trinajstić information content (AvgIpc) is 2.71. The number of halogens is 1. The summed E-state index contributed by atoms with van der Waals surface area (Å²) >= 11 is 3.33. The predicted molar refractivity (Wildman–Crippen MR) is 111 cm³/mol. The summed E-state index contributed by atoms with van der Waals surface area (Å²) in [5.74, 6) is 0.633. The maximum Gasteiger partial charge on any atom is 0.279 e. The Morgan fingerprint density at radius 1 is 1.04 bits per heavy atom. The van der Waals surface area contributed by atoms with Crippen molar-refractivity contribution in [3.8, 4) is 11.5 Å². The normalized spacial score (nSPS) is 12.6. The van der Waals surface area contributed by atoms with E-state index in [1.165, 1.54) is 0 Å². The van der Waals surface area contributed by atoms with Crippen LogP contribution in [0.5, 0.6) is 11.5 Å². The Balaban J connectivity index is 1.81. The van der Waals surface area contributed by atoms with Gasteiger partial charge in [0, 0.05) is 4.47 Å². The van der Waals surface area contributed by atoms with Crippen molar-refractivity contribution >= 4 is 27.7 Å². The summed E-state index contributed by atoms with van der Waals surface area (Å²) in [5, 5.41) is 0. The molecule has 0 fully saturated rings. The van der Waals surface area contributed by atoms with Gasteiger partial charge in [0.2, 0.25) is 0 Å². The molecular formula is C21H25BrN2O4. The van der Waals surface area contributed by atoms with Crippen LogP contribution in [-0.4, -0.2) is 24.5 Å². The SMILES string of the molecule is CCC(C)c1ccccc1OC(C)C(=O)NNC(=O)COc1ccc(Br)cc1. The second-order valence-electron chi connectivity index (χ2n) is 6.39.